The van der Waals surface area contributed by atoms with Gasteiger partial charge in [0.05, 0.1) is 24.4 Å². The fourth-order valence-electron chi connectivity index (χ4n) is 2.17. The van der Waals surface area contributed by atoms with Gasteiger partial charge in [-0.1, -0.05) is 0 Å². The van der Waals surface area contributed by atoms with Crippen molar-refractivity contribution in [2.45, 2.75) is 6.92 Å². The summed E-state index contributed by atoms with van der Waals surface area (Å²) in [7, 11) is 3.41. The van der Waals surface area contributed by atoms with Gasteiger partial charge in [-0.15, -0.1) is 0 Å². The van der Waals surface area contributed by atoms with Crippen molar-refractivity contribution in [2.24, 2.45) is 7.05 Å². The van der Waals surface area contributed by atoms with E-state index >= 15 is 0 Å². The summed E-state index contributed by atoms with van der Waals surface area (Å²) in [4.78, 5) is 8.81. The average molecular weight is 270 g/mol. The van der Waals surface area contributed by atoms with Crippen LogP contribution in [0.25, 0.3) is 22.3 Å². The third-order valence-electron chi connectivity index (χ3n) is 3.16. The summed E-state index contributed by atoms with van der Waals surface area (Å²) in [5.41, 5.74) is 1.99. The van der Waals surface area contributed by atoms with Gasteiger partial charge in [0.1, 0.15) is 17.3 Å². The summed E-state index contributed by atoms with van der Waals surface area (Å²) >= 11 is 0. The maximum Gasteiger partial charge on any atom is 0.161 e. The van der Waals surface area contributed by atoms with Crippen molar-refractivity contribution in [3.05, 3.63) is 30.2 Å². The third kappa shape index (κ3) is 1.85. The lowest BCUT2D eigenvalue weighted by Gasteiger charge is -2.08. The van der Waals surface area contributed by atoms with Gasteiger partial charge < -0.3 is 9.84 Å². The number of aromatic hydroxyl groups is 1. The number of rotatable bonds is 2. The zero-order valence-electron chi connectivity index (χ0n) is 11.5. The van der Waals surface area contributed by atoms with Crippen molar-refractivity contribution >= 4 is 11.0 Å². The van der Waals surface area contributed by atoms with Gasteiger partial charge in [0, 0.05) is 12.6 Å². The van der Waals surface area contributed by atoms with Crippen molar-refractivity contribution in [1.82, 2.24) is 19.7 Å². The van der Waals surface area contributed by atoms with Crippen molar-refractivity contribution in [1.29, 1.82) is 0 Å². The van der Waals surface area contributed by atoms with Crippen LogP contribution < -0.4 is 4.74 Å². The minimum absolute atomic E-state index is 0.147. The Morgan fingerprint density at radius 1 is 1.25 bits per heavy atom. The van der Waals surface area contributed by atoms with Crippen LogP contribution in [0.2, 0.25) is 0 Å². The van der Waals surface area contributed by atoms with Gasteiger partial charge in [-0.05, 0) is 25.1 Å². The molecule has 2 aromatic heterocycles. The standard InChI is InChI=1S/C14H14N4O2/c1-8-16-13(11-7-15-18(2)14(11)17-8)10-6-9(20-3)4-5-12(10)19/h4-7,19H,1-3H3. The van der Waals surface area contributed by atoms with Crippen molar-refractivity contribution in [3.8, 4) is 22.8 Å². The molecule has 0 fully saturated rings. The second-order valence-corrected chi connectivity index (χ2v) is 4.51. The molecular weight excluding hydrogens is 256 g/mol. The largest absolute Gasteiger partial charge is 0.507 e. The smallest absolute Gasteiger partial charge is 0.161 e. The molecule has 0 atom stereocenters. The van der Waals surface area contributed by atoms with E-state index in [-0.39, 0.29) is 5.75 Å². The van der Waals surface area contributed by atoms with Crippen molar-refractivity contribution < 1.29 is 9.84 Å². The number of benzene rings is 1. The molecule has 0 amide bonds. The molecule has 1 aromatic carbocycles. The molecule has 0 aliphatic rings. The summed E-state index contributed by atoms with van der Waals surface area (Å²) in [6.45, 7) is 1.81. The first-order valence-corrected chi connectivity index (χ1v) is 6.14. The van der Waals surface area contributed by atoms with Gasteiger partial charge in [-0.25, -0.2) is 9.97 Å². The van der Waals surface area contributed by atoms with E-state index in [1.54, 1.807) is 36.2 Å². The molecule has 0 saturated heterocycles. The highest BCUT2D eigenvalue weighted by atomic mass is 16.5. The number of phenolic OH excluding ortho intramolecular Hbond substituents is 1. The first-order chi connectivity index (χ1) is 9.60. The molecule has 102 valence electrons. The van der Waals surface area contributed by atoms with Crippen LogP contribution in [0.5, 0.6) is 11.5 Å². The van der Waals surface area contributed by atoms with E-state index in [9.17, 15) is 5.11 Å². The Kier molecular flexibility index (Phi) is 2.78. The Labute approximate surface area is 115 Å². The zero-order chi connectivity index (χ0) is 14.3. The molecule has 0 saturated carbocycles. The highest BCUT2D eigenvalue weighted by Crippen LogP contribution is 2.34. The number of ether oxygens (including phenoxy) is 1. The minimum atomic E-state index is 0.147. The Hall–Kier alpha value is -2.63. The van der Waals surface area contributed by atoms with Crippen molar-refractivity contribution in [2.75, 3.05) is 7.11 Å². The minimum Gasteiger partial charge on any atom is -0.507 e. The van der Waals surface area contributed by atoms with Crippen LogP contribution in [-0.4, -0.2) is 32.0 Å². The van der Waals surface area contributed by atoms with Gasteiger partial charge in [-0.3, -0.25) is 4.68 Å². The summed E-state index contributed by atoms with van der Waals surface area (Å²) in [5.74, 6) is 1.43. The average Bonchev–Trinajstić information content (AvgIpc) is 2.80. The molecule has 3 aromatic rings. The normalized spacial score (nSPS) is 10.9. The maximum absolute atomic E-state index is 10.1. The van der Waals surface area contributed by atoms with Crippen LogP contribution in [0.4, 0.5) is 0 Å². The predicted octanol–water partition coefficient (Wildman–Crippen LogP) is 2.05. The first-order valence-electron chi connectivity index (χ1n) is 6.14. The fraction of sp³-hybridized carbons (Fsp3) is 0.214. The number of aryl methyl sites for hydroxylation is 2. The predicted molar refractivity (Wildman–Crippen MR) is 74.7 cm³/mol. The number of phenols is 1. The number of nitrogens with zero attached hydrogens (tertiary/aromatic N) is 4. The van der Waals surface area contributed by atoms with E-state index in [0.717, 1.165) is 11.0 Å². The molecular formula is C14H14N4O2. The second kappa shape index (κ2) is 4.48. The van der Waals surface area contributed by atoms with Gasteiger partial charge >= 0.3 is 0 Å². The number of methoxy groups -OCH3 is 1. The number of hydrogen-bond donors (Lipinski definition) is 1. The Morgan fingerprint density at radius 2 is 2.05 bits per heavy atom. The zero-order valence-corrected chi connectivity index (χ0v) is 11.5. The van der Waals surface area contributed by atoms with E-state index in [4.69, 9.17) is 4.74 Å². The van der Waals surface area contributed by atoms with Crippen LogP contribution in [0, 0.1) is 6.92 Å². The summed E-state index contributed by atoms with van der Waals surface area (Å²) in [6.07, 6.45) is 1.70. The summed E-state index contributed by atoms with van der Waals surface area (Å²) < 4.78 is 6.89. The lowest BCUT2D eigenvalue weighted by molar-refractivity contribution is 0.412. The lowest BCUT2D eigenvalue weighted by Crippen LogP contribution is -1.97. The number of aromatic nitrogens is 4. The lowest BCUT2D eigenvalue weighted by atomic mass is 10.1. The van der Waals surface area contributed by atoms with E-state index in [1.165, 1.54) is 0 Å². The molecule has 3 rings (SSSR count). The molecule has 0 aliphatic carbocycles. The second-order valence-electron chi connectivity index (χ2n) is 4.51. The molecule has 1 N–H and O–H groups in total. The molecule has 0 bridgehead atoms. The fourth-order valence-corrected chi connectivity index (χ4v) is 2.17. The van der Waals surface area contributed by atoms with Gasteiger partial charge in [0.15, 0.2) is 5.65 Å². The van der Waals surface area contributed by atoms with E-state index in [1.807, 2.05) is 14.0 Å². The SMILES string of the molecule is COc1ccc(O)c(-c2nc(C)nc3c2cnn3C)c1. The van der Waals surface area contributed by atoms with Crippen LogP contribution in [0.1, 0.15) is 5.82 Å². The maximum atomic E-state index is 10.1. The van der Waals surface area contributed by atoms with Crippen molar-refractivity contribution in [3.63, 3.8) is 0 Å². The van der Waals surface area contributed by atoms with E-state index < -0.39 is 0 Å². The third-order valence-corrected chi connectivity index (χ3v) is 3.16. The van der Waals surface area contributed by atoms with Crippen LogP contribution in [-0.2, 0) is 7.05 Å². The Morgan fingerprint density at radius 3 is 2.80 bits per heavy atom. The van der Waals surface area contributed by atoms with Crippen LogP contribution in [0.15, 0.2) is 24.4 Å². The summed E-state index contributed by atoms with van der Waals surface area (Å²) in [5, 5.41) is 15.1. The van der Waals surface area contributed by atoms with Gasteiger partial charge in [0.25, 0.3) is 0 Å². The first kappa shape index (κ1) is 12.4. The van der Waals surface area contributed by atoms with Gasteiger partial charge in [0.2, 0.25) is 0 Å². The molecule has 20 heavy (non-hydrogen) atoms. The highest BCUT2D eigenvalue weighted by Gasteiger charge is 2.15. The molecule has 6 heteroatoms. The van der Waals surface area contributed by atoms with Gasteiger partial charge in [-0.2, -0.15) is 5.10 Å². The number of hydrogen-bond acceptors (Lipinski definition) is 5. The monoisotopic (exact) mass is 270 g/mol. The molecule has 2 heterocycles. The summed E-state index contributed by atoms with van der Waals surface area (Å²) in [6, 6.07) is 5.05. The quantitative estimate of drug-likeness (QED) is 0.771. The molecule has 0 aliphatic heterocycles. The molecule has 0 spiro atoms. The molecule has 0 unspecified atom stereocenters. The number of fused-ring (bicyclic) bond motifs is 1. The Bertz CT molecular complexity index is 795. The van der Waals surface area contributed by atoms with E-state index in [2.05, 4.69) is 15.1 Å². The highest BCUT2D eigenvalue weighted by molar-refractivity contribution is 5.92. The van der Waals surface area contributed by atoms with Crippen LogP contribution in [0.3, 0.4) is 0 Å². The Balaban J connectivity index is 2.34. The molecule has 6 nitrogen and oxygen atoms in total. The molecule has 0 radical (unpaired) electrons. The van der Waals surface area contributed by atoms with E-state index in [0.29, 0.717) is 22.8 Å². The topological polar surface area (TPSA) is 73.1 Å². The van der Waals surface area contributed by atoms with Crippen LogP contribution >= 0.6 is 0 Å².